The standard InChI is InChI=1S/C25H32N4O2/c1-19-3-7-21(8-4-19)17-26-24(30)27-13-11-23(12-14-27)29-16-15-28(25(29)31)18-22-9-5-20(2)6-10-22/h3-10,23H,11-18H2,1-2H3,(H,26,30). The molecule has 4 amide bonds. The number of carbonyl (C=O) groups excluding carboxylic acids is 2. The van der Waals surface area contributed by atoms with Crippen molar-refractivity contribution in [3.63, 3.8) is 0 Å². The van der Waals surface area contributed by atoms with Gasteiger partial charge in [0.2, 0.25) is 0 Å². The Hall–Kier alpha value is -3.02. The molecule has 2 aliphatic rings. The third kappa shape index (κ3) is 5.19. The highest BCUT2D eigenvalue weighted by molar-refractivity contribution is 5.77. The van der Waals surface area contributed by atoms with Crippen molar-refractivity contribution in [3.05, 3.63) is 70.8 Å². The van der Waals surface area contributed by atoms with E-state index in [1.54, 1.807) is 0 Å². The van der Waals surface area contributed by atoms with Crippen molar-refractivity contribution in [1.29, 1.82) is 0 Å². The van der Waals surface area contributed by atoms with E-state index in [-0.39, 0.29) is 18.1 Å². The Morgan fingerprint density at radius 3 is 2.06 bits per heavy atom. The SMILES string of the molecule is Cc1ccc(CNC(=O)N2CCC(N3CCN(Cc4ccc(C)cc4)C3=O)CC2)cc1. The predicted octanol–water partition coefficient (Wildman–Crippen LogP) is 3.92. The molecule has 1 N–H and O–H groups in total. The van der Waals surface area contributed by atoms with Crippen LogP contribution in [0.1, 0.15) is 35.1 Å². The summed E-state index contributed by atoms with van der Waals surface area (Å²) < 4.78 is 0. The summed E-state index contributed by atoms with van der Waals surface area (Å²) in [5.74, 6) is 0. The molecule has 0 unspecified atom stereocenters. The largest absolute Gasteiger partial charge is 0.334 e. The Morgan fingerprint density at radius 1 is 0.871 bits per heavy atom. The van der Waals surface area contributed by atoms with Gasteiger partial charge in [0, 0.05) is 45.3 Å². The minimum atomic E-state index is -0.0206. The van der Waals surface area contributed by atoms with Gasteiger partial charge in [-0.15, -0.1) is 0 Å². The minimum Gasteiger partial charge on any atom is -0.334 e. The van der Waals surface area contributed by atoms with Crippen molar-refractivity contribution < 1.29 is 9.59 Å². The van der Waals surface area contributed by atoms with Crippen LogP contribution in [0.5, 0.6) is 0 Å². The van der Waals surface area contributed by atoms with Gasteiger partial charge in [0.15, 0.2) is 0 Å². The Bertz CT molecular complexity index is 902. The van der Waals surface area contributed by atoms with E-state index in [0.717, 1.165) is 31.5 Å². The molecule has 6 nitrogen and oxygen atoms in total. The lowest BCUT2D eigenvalue weighted by Gasteiger charge is -2.36. The van der Waals surface area contributed by atoms with E-state index < -0.39 is 0 Å². The molecule has 0 spiro atoms. The van der Waals surface area contributed by atoms with Gasteiger partial charge in [0.05, 0.1) is 0 Å². The van der Waals surface area contributed by atoms with Crippen molar-refractivity contribution in [2.45, 2.75) is 45.8 Å². The van der Waals surface area contributed by atoms with Crippen LogP contribution in [0.2, 0.25) is 0 Å². The summed E-state index contributed by atoms with van der Waals surface area (Å²) in [4.78, 5) is 31.3. The molecule has 2 aromatic rings. The molecule has 6 heteroatoms. The number of hydrogen-bond donors (Lipinski definition) is 1. The molecule has 31 heavy (non-hydrogen) atoms. The van der Waals surface area contributed by atoms with Gasteiger partial charge in [0.25, 0.3) is 0 Å². The molecule has 0 radical (unpaired) electrons. The number of benzene rings is 2. The lowest BCUT2D eigenvalue weighted by atomic mass is 10.0. The van der Waals surface area contributed by atoms with Crippen LogP contribution in [0.3, 0.4) is 0 Å². The fourth-order valence-corrected chi connectivity index (χ4v) is 4.38. The number of amides is 4. The maximum absolute atomic E-state index is 12.9. The van der Waals surface area contributed by atoms with Gasteiger partial charge in [-0.1, -0.05) is 59.7 Å². The Labute approximate surface area is 184 Å². The van der Waals surface area contributed by atoms with Crippen LogP contribution in [-0.2, 0) is 13.1 Å². The second kappa shape index (κ2) is 9.41. The van der Waals surface area contributed by atoms with E-state index in [0.29, 0.717) is 26.2 Å². The van der Waals surface area contributed by atoms with Crippen LogP contribution in [0, 0.1) is 13.8 Å². The normalized spacial score (nSPS) is 17.4. The van der Waals surface area contributed by atoms with Gasteiger partial charge < -0.3 is 20.0 Å². The molecule has 4 rings (SSSR count). The first kappa shape index (κ1) is 21.2. The summed E-state index contributed by atoms with van der Waals surface area (Å²) in [6, 6.07) is 16.9. The molecule has 2 aliphatic heterocycles. The number of nitrogens with zero attached hydrogens (tertiary/aromatic N) is 3. The fourth-order valence-electron chi connectivity index (χ4n) is 4.38. The maximum atomic E-state index is 12.9. The number of piperidine rings is 1. The van der Waals surface area contributed by atoms with Gasteiger partial charge in [-0.25, -0.2) is 9.59 Å². The molecular formula is C25H32N4O2. The first-order valence-corrected chi connectivity index (χ1v) is 11.2. The van der Waals surface area contributed by atoms with Crippen LogP contribution in [0.4, 0.5) is 9.59 Å². The molecule has 0 aromatic heterocycles. The van der Waals surface area contributed by atoms with Gasteiger partial charge in [-0.2, -0.15) is 0 Å². The monoisotopic (exact) mass is 420 g/mol. The lowest BCUT2D eigenvalue weighted by Crippen LogP contribution is -2.50. The average Bonchev–Trinajstić information content (AvgIpc) is 3.15. The van der Waals surface area contributed by atoms with Gasteiger partial charge in [-0.05, 0) is 37.8 Å². The number of hydrogen-bond acceptors (Lipinski definition) is 2. The van der Waals surface area contributed by atoms with Crippen molar-refractivity contribution in [3.8, 4) is 0 Å². The molecule has 0 aliphatic carbocycles. The summed E-state index contributed by atoms with van der Waals surface area (Å²) in [6.45, 7) is 8.24. The van der Waals surface area contributed by atoms with Crippen LogP contribution >= 0.6 is 0 Å². The predicted molar refractivity (Wildman–Crippen MR) is 122 cm³/mol. The zero-order valence-electron chi connectivity index (χ0n) is 18.5. The molecule has 0 saturated carbocycles. The third-order valence-corrected chi connectivity index (χ3v) is 6.38. The number of likely N-dealkylation sites (tertiary alicyclic amines) is 1. The van der Waals surface area contributed by atoms with E-state index >= 15 is 0 Å². The van der Waals surface area contributed by atoms with Crippen LogP contribution in [0.15, 0.2) is 48.5 Å². The summed E-state index contributed by atoms with van der Waals surface area (Å²) in [7, 11) is 0. The third-order valence-electron chi connectivity index (χ3n) is 6.38. The maximum Gasteiger partial charge on any atom is 0.320 e. The first-order chi connectivity index (χ1) is 15.0. The summed E-state index contributed by atoms with van der Waals surface area (Å²) >= 11 is 0. The number of carbonyl (C=O) groups is 2. The summed E-state index contributed by atoms with van der Waals surface area (Å²) in [5, 5.41) is 3.02. The molecule has 2 saturated heterocycles. The number of urea groups is 2. The first-order valence-electron chi connectivity index (χ1n) is 11.2. The second-order valence-electron chi connectivity index (χ2n) is 8.75. The van der Waals surface area contributed by atoms with Gasteiger partial charge in [-0.3, -0.25) is 0 Å². The number of rotatable bonds is 5. The average molecular weight is 421 g/mol. The fraction of sp³-hybridized carbons (Fsp3) is 0.440. The van der Waals surface area contributed by atoms with Gasteiger partial charge in [0.1, 0.15) is 0 Å². The molecule has 2 heterocycles. The number of aryl methyl sites for hydroxylation is 2. The Morgan fingerprint density at radius 2 is 1.45 bits per heavy atom. The van der Waals surface area contributed by atoms with E-state index in [4.69, 9.17) is 0 Å². The molecule has 0 bridgehead atoms. The van der Waals surface area contributed by atoms with Gasteiger partial charge >= 0.3 is 12.1 Å². The zero-order chi connectivity index (χ0) is 21.8. The molecule has 164 valence electrons. The molecule has 2 aromatic carbocycles. The molecule has 2 fully saturated rings. The highest BCUT2D eigenvalue weighted by Crippen LogP contribution is 2.23. The minimum absolute atomic E-state index is 0.0206. The lowest BCUT2D eigenvalue weighted by molar-refractivity contribution is 0.134. The van der Waals surface area contributed by atoms with Crippen LogP contribution in [-0.4, -0.2) is 59.0 Å². The molecule has 0 atom stereocenters. The van der Waals surface area contributed by atoms with E-state index in [1.165, 1.54) is 16.7 Å². The van der Waals surface area contributed by atoms with E-state index in [9.17, 15) is 9.59 Å². The van der Waals surface area contributed by atoms with Crippen molar-refractivity contribution in [2.75, 3.05) is 26.2 Å². The number of nitrogens with one attached hydrogen (secondary N) is 1. The Kier molecular flexibility index (Phi) is 6.44. The highest BCUT2D eigenvalue weighted by atomic mass is 16.2. The topological polar surface area (TPSA) is 55.9 Å². The van der Waals surface area contributed by atoms with E-state index in [2.05, 4.69) is 55.6 Å². The zero-order valence-corrected chi connectivity index (χ0v) is 18.5. The van der Waals surface area contributed by atoms with Crippen LogP contribution in [0.25, 0.3) is 0 Å². The van der Waals surface area contributed by atoms with Crippen molar-refractivity contribution in [2.24, 2.45) is 0 Å². The van der Waals surface area contributed by atoms with Crippen LogP contribution < -0.4 is 5.32 Å². The Balaban J connectivity index is 1.23. The molecular weight excluding hydrogens is 388 g/mol. The van der Waals surface area contributed by atoms with Crippen molar-refractivity contribution in [1.82, 2.24) is 20.0 Å². The summed E-state index contributed by atoms with van der Waals surface area (Å²) in [5.41, 5.74) is 4.71. The second-order valence-corrected chi connectivity index (χ2v) is 8.75. The van der Waals surface area contributed by atoms with Crippen molar-refractivity contribution >= 4 is 12.1 Å². The smallest absolute Gasteiger partial charge is 0.320 e. The van der Waals surface area contributed by atoms with E-state index in [1.807, 2.05) is 26.8 Å². The summed E-state index contributed by atoms with van der Waals surface area (Å²) in [6.07, 6.45) is 1.67. The quantitative estimate of drug-likeness (QED) is 0.797. The highest BCUT2D eigenvalue weighted by Gasteiger charge is 2.35.